The zero-order valence-electron chi connectivity index (χ0n) is 7.33. The Morgan fingerprint density at radius 1 is 1.46 bits per heavy atom. The monoisotopic (exact) mass is 182 g/mol. The van der Waals surface area contributed by atoms with Crippen LogP contribution in [0, 0.1) is 5.82 Å². The Balaban J connectivity index is 2.65. The van der Waals surface area contributed by atoms with Crippen LogP contribution in [0.4, 0.5) is 4.39 Å². The van der Waals surface area contributed by atoms with Crippen molar-refractivity contribution in [2.45, 2.75) is 19.4 Å². The highest BCUT2D eigenvalue weighted by atomic mass is 19.1. The second-order valence-electron chi connectivity index (χ2n) is 2.95. The van der Waals surface area contributed by atoms with Crippen LogP contribution < -0.4 is 0 Å². The van der Waals surface area contributed by atoms with E-state index in [-0.39, 0.29) is 18.0 Å². The smallest absolute Gasteiger partial charge is 0.165 e. The van der Waals surface area contributed by atoms with Gasteiger partial charge in [-0.1, -0.05) is 12.1 Å². The van der Waals surface area contributed by atoms with Crippen LogP contribution in [-0.4, -0.2) is 17.0 Å². The highest BCUT2D eigenvalue weighted by Gasteiger charge is 2.09. The van der Waals surface area contributed by atoms with E-state index in [0.29, 0.717) is 5.56 Å². The quantitative estimate of drug-likeness (QED) is 0.765. The summed E-state index contributed by atoms with van der Waals surface area (Å²) in [7, 11) is 0. The maximum atomic E-state index is 12.4. The van der Waals surface area contributed by atoms with Gasteiger partial charge in [-0.2, -0.15) is 0 Å². The number of hydrogen-bond donors (Lipinski definition) is 1. The van der Waals surface area contributed by atoms with Gasteiger partial charge in [0.05, 0.1) is 0 Å². The molecule has 70 valence electrons. The standard InChI is InChI=1S/C10H11FO2/c1-7(12)10(13)6-8-2-4-9(11)5-3-8/h2-5,7,12H,6H2,1H3. The van der Waals surface area contributed by atoms with Crippen LogP contribution in [0.5, 0.6) is 0 Å². The molecule has 1 aromatic carbocycles. The molecule has 2 nitrogen and oxygen atoms in total. The SMILES string of the molecule is CC(O)C(=O)Cc1ccc(F)cc1. The van der Waals surface area contributed by atoms with Crippen molar-refractivity contribution in [2.75, 3.05) is 0 Å². The summed E-state index contributed by atoms with van der Waals surface area (Å²) in [5.41, 5.74) is 0.715. The number of hydrogen-bond acceptors (Lipinski definition) is 2. The Morgan fingerprint density at radius 3 is 2.46 bits per heavy atom. The fourth-order valence-electron chi connectivity index (χ4n) is 0.951. The maximum absolute atomic E-state index is 12.4. The lowest BCUT2D eigenvalue weighted by molar-refractivity contribution is -0.125. The molecule has 3 heteroatoms. The van der Waals surface area contributed by atoms with Gasteiger partial charge in [0.15, 0.2) is 5.78 Å². The van der Waals surface area contributed by atoms with E-state index in [1.807, 2.05) is 0 Å². The number of carbonyl (C=O) groups excluding carboxylic acids is 1. The number of halogens is 1. The van der Waals surface area contributed by atoms with Crippen molar-refractivity contribution in [1.82, 2.24) is 0 Å². The third kappa shape index (κ3) is 2.95. The second-order valence-corrected chi connectivity index (χ2v) is 2.95. The Labute approximate surface area is 76.0 Å². The van der Waals surface area contributed by atoms with Gasteiger partial charge in [-0.3, -0.25) is 4.79 Å². The van der Waals surface area contributed by atoms with E-state index < -0.39 is 6.10 Å². The van der Waals surface area contributed by atoms with Crippen molar-refractivity contribution < 1.29 is 14.3 Å². The van der Waals surface area contributed by atoms with Gasteiger partial charge in [-0.25, -0.2) is 4.39 Å². The second kappa shape index (κ2) is 4.14. The maximum Gasteiger partial charge on any atom is 0.165 e. The molecule has 0 saturated heterocycles. The molecule has 1 rings (SSSR count). The normalized spacial score (nSPS) is 12.5. The minimum Gasteiger partial charge on any atom is -0.386 e. The van der Waals surface area contributed by atoms with Crippen molar-refractivity contribution in [1.29, 1.82) is 0 Å². The first kappa shape index (κ1) is 9.86. The summed E-state index contributed by atoms with van der Waals surface area (Å²) in [4.78, 5) is 11.1. The van der Waals surface area contributed by atoms with Gasteiger partial charge >= 0.3 is 0 Å². The van der Waals surface area contributed by atoms with Crippen molar-refractivity contribution in [2.24, 2.45) is 0 Å². The Kier molecular flexibility index (Phi) is 3.14. The summed E-state index contributed by atoms with van der Waals surface area (Å²) in [6.07, 6.45) is -0.803. The highest BCUT2D eigenvalue weighted by Crippen LogP contribution is 2.04. The Morgan fingerprint density at radius 2 is 2.00 bits per heavy atom. The number of rotatable bonds is 3. The molecule has 0 spiro atoms. The van der Waals surface area contributed by atoms with Gasteiger partial charge in [0.25, 0.3) is 0 Å². The first-order valence-corrected chi connectivity index (χ1v) is 4.05. The van der Waals surface area contributed by atoms with Gasteiger partial charge in [0.1, 0.15) is 11.9 Å². The number of Topliss-reactive ketones (excluding diaryl/α,β-unsaturated/α-hetero) is 1. The van der Waals surface area contributed by atoms with E-state index >= 15 is 0 Å². The number of aliphatic hydroxyl groups excluding tert-OH is 1. The molecule has 0 aliphatic carbocycles. The molecule has 13 heavy (non-hydrogen) atoms. The van der Waals surface area contributed by atoms with Gasteiger partial charge in [-0.05, 0) is 24.6 Å². The van der Waals surface area contributed by atoms with Crippen LogP contribution in [0.15, 0.2) is 24.3 Å². The highest BCUT2D eigenvalue weighted by molar-refractivity contribution is 5.84. The van der Waals surface area contributed by atoms with E-state index in [0.717, 1.165) is 0 Å². The molecule has 0 amide bonds. The molecule has 1 N–H and O–H groups in total. The summed E-state index contributed by atoms with van der Waals surface area (Å²) < 4.78 is 12.4. The number of aliphatic hydroxyl groups is 1. The molecule has 0 aliphatic heterocycles. The van der Waals surface area contributed by atoms with E-state index in [2.05, 4.69) is 0 Å². The molecule has 1 unspecified atom stereocenters. The van der Waals surface area contributed by atoms with Gasteiger partial charge in [-0.15, -0.1) is 0 Å². The lowest BCUT2D eigenvalue weighted by Gasteiger charge is -2.02. The van der Waals surface area contributed by atoms with Crippen LogP contribution in [0.25, 0.3) is 0 Å². The molecule has 0 radical (unpaired) electrons. The molecule has 0 heterocycles. The average molecular weight is 182 g/mol. The van der Waals surface area contributed by atoms with E-state index in [1.165, 1.54) is 31.2 Å². The van der Waals surface area contributed by atoms with Crippen LogP contribution in [0.3, 0.4) is 0 Å². The van der Waals surface area contributed by atoms with Gasteiger partial charge < -0.3 is 5.11 Å². The first-order chi connectivity index (χ1) is 6.09. The molecular weight excluding hydrogens is 171 g/mol. The molecule has 1 aromatic rings. The van der Waals surface area contributed by atoms with Crippen LogP contribution in [0.1, 0.15) is 12.5 Å². The molecule has 0 aromatic heterocycles. The van der Waals surface area contributed by atoms with E-state index in [9.17, 15) is 9.18 Å². The van der Waals surface area contributed by atoms with E-state index in [4.69, 9.17) is 5.11 Å². The molecule has 1 atom stereocenters. The lowest BCUT2D eigenvalue weighted by atomic mass is 10.1. The predicted molar refractivity (Wildman–Crippen MR) is 46.8 cm³/mol. The summed E-state index contributed by atoms with van der Waals surface area (Å²) in [6.45, 7) is 1.42. The lowest BCUT2D eigenvalue weighted by Crippen LogP contribution is -2.18. The number of ketones is 1. The minimum atomic E-state index is -0.954. The molecule has 0 saturated carbocycles. The Hall–Kier alpha value is -1.22. The fourth-order valence-corrected chi connectivity index (χ4v) is 0.951. The zero-order chi connectivity index (χ0) is 9.84. The molecule has 0 bridgehead atoms. The zero-order valence-corrected chi connectivity index (χ0v) is 7.33. The van der Waals surface area contributed by atoms with Crippen LogP contribution in [0.2, 0.25) is 0 Å². The average Bonchev–Trinajstić information content (AvgIpc) is 2.08. The largest absolute Gasteiger partial charge is 0.386 e. The minimum absolute atomic E-state index is 0.151. The molecular formula is C10H11FO2. The number of carbonyl (C=O) groups is 1. The predicted octanol–water partition coefficient (Wildman–Crippen LogP) is 1.32. The summed E-state index contributed by atoms with van der Waals surface area (Å²) in [5.74, 6) is -0.583. The van der Waals surface area contributed by atoms with Crippen LogP contribution >= 0.6 is 0 Å². The summed E-state index contributed by atoms with van der Waals surface area (Å²) in [5, 5.41) is 8.91. The molecule has 0 aliphatic rings. The third-order valence-corrected chi connectivity index (χ3v) is 1.76. The topological polar surface area (TPSA) is 37.3 Å². The van der Waals surface area contributed by atoms with Crippen molar-refractivity contribution in [3.63, 3.8) is 0 Å². The van der Waals surface area contributed by atoms with Gasteiger partial charge in [0, 0.05) is 6.42 Å². The third-order valence-electron chi connectivity index (χ3n) is 1.76. The fraction of sp³-hybridized carbons (Fsp3) is 0.300. The summed E-state index contributed by atoms with van der Waals surface area (Å²) in [6, 6.07) is 5.67. The summed E-state index contributed by atoms with van der Waals surface area (Å²) >= 11 is 0. The van der Waals surface area contributed by atoms with Crippen molar-refractivity contribution >= 4 is 5.78 Å². The van der Waals surface area contributed by atoms with Crippen LogP contribution in [-0.2, 0) is 11.2 Å². The van der Waals surface area contributed by atoms with Crippen molar-refractivity contribution in [3.05, 3.63) is 35.6 Å². The van der Waals surface area contributed by atoms with E-state index in [1.54, 1.807) is 0 Å². The number of benzene rings is 1. The first-order valence-electron chi connectivity index (χ1n) is 4.05. The Bertz CT molecular complexity index is 290. The molecule has 0 fully saturated rings. The van der Waals surface area contributed by atoms with Crippen molar-refractivity contribution in [3.8, 4) is 0 Å². The van der Waals surface area contributed by atoms with Gasteiger partial charge in [0.2, 0.25) is 0 Å².